The van der Waals surface area contributed by atoms with Crippen LogP contribution in [0, 0.1) is 0 Å². The summed E-state index contributed by atoms with van der Waals surface area (Å²) >= 11 is 0. The summed E-state index contributed by atoms with van der Waals surface area (Å²) in [6.45, 7) is 0.0939. The molecule has 0 atom stereocenters. The molecule has 0 radical (unpaired) electrons. The molecule has 2 N–H and O–H groups in total. The van der Waals surface area contributed by atoms with E-state index in [1.165, 1.54) is 11.6 Å². The lowest BCUT2D eigenvalue weighted by molar-refractivity contribution is -0.133. The molecule has 0 bridgehead atoms. The number of ether oxygens (including phenoxy) is 1. The SMILES string of the molecule is O=C(N/C(=C/CCCCc1ccccc1)C(=O)O)OCc1ccccc1. The predicted octanol–water partition coefficient (Wildman–Crippen LogP) is 4.29. The first-order valence-corrected chi connectivity index (χ1v) is 8.60. The van der Waals surface area contributed by atoms with Gasteiger partial charge < -0.3 is 9.84 Å². The van der Waals surface area contributed by atoms with Gasteiger partial charge in [0.25, 0.3) is 0 Å². The molecule has 0 fully saturated rings. The summed E-state index contributed by atoms with van der Waals surface area (Å²) < 4.78 is 5.04. The molecule has 26 heavy (non-hydrogen) atoms. The van der Waals surface area contributed by atoms with Crippen LogP contribution >= 0.6 is 0 Å². The third-order valence-corrected chi connectivity index (χ3v) is 3.79. The fraction of sp³-hybridized carbons (Fsp3) is 0.238. The highest BCUT2D eigenvalue weighted by molar-refractivity contribution is 5.90. The number of unbranched alkanes of at least 4 members (excludes halogenated alkanes) is 2. The molecule has 0 aliphatic carbocycles. The summed E-state index contributed by atoms with van der Waals surface area (Å²) in [4.78, 5) is 23.0. The number of nitrogens with one attached hydrogen (secondary N) is 1. The Morgan fingerprint density at radius 1 is 0.923 bits per heavy atom. The maximum atomic E-state index is 11.8. The second kappa shape index (κ2) is 10.7. The van der Waals surface area contributed by atoms with E-state index >= 15 is 0 Å². The topological polar surface area (TPSA) is 75.6 Å². The van der Waals surface area contributed by atoms with Crippen LogP contribution in [0.3, 0.4) is 0 Å². The number of carboxylic acid groups (broad SMARTS) is 1. The second-order valence-corrected chi connectivity index (χ2v) is 5.84. The number of carbonyl (C=O) groups excluding carboxylic acids is 1. The monoisotopic (exact) mass is 353 g/mol. The van der Waals surface area contributed by atoms with Gasteiger partial charge in [-0.15, -0.1) is 0 Å². The molecule has 0 aromatic heterocycles. The van der Waals surface area contributed by atoms with Gasteiger partial charge in [0.1, 0.15) is 12.3 Å². The molecule has 1 amide bonds. The molecule has 5 nitrogen and oxygen atoms in total. The van der Waals surface area contributed by atoms with Crippen molar-refractivity contribution in [3.63, 3.8) is 0 Å². The number of allylic oxidation sites excluding steroid dienone is 1. The molecule has 0 saturated heterocycles. The maximum Gasteiger partial charge on any atom is 0.412 e. The Labute approximate surface area is 153 Å². The summed E-state index contributed by atoms with van der Waals surface area (Å²) in [5, 5.41) is 11.5. The van der Waals surface area contributed by atoms with Crippen LogP contribution in [-0.2, 0) is 22.6 Å². The lowest BCUT2D eigenvalue weighted by atomic mass is 10.1. The van der Waals surface area contributed by atoms with E-state index in [9.17, 15) is 14.7 Å². The molecule has 136 valence electrons. The highest BCUT2D eigenvalue weighted by Gasteiger charge is 2.12. The largest absolute Gasteiger partial charge is 0.477 e. The number of aliphatic carboxylic acids is 1. The molecule has 5 heteroatoms. The van der Waals surface area contributed by atoms with Crippen LogP contribution < -0.4 is 5.32 Å². The third kappa shape index (κ3) is 7.21. The predicted molar refractivity (Wildman–Crippen MR) is 99.5 cm³/mol. The summed E-state index contributed by atoms with van der Waals surface area (Å²) in [6.07, 6.45) is 4.07. The third-order valence-electron chi connectivity index (χ3n) is 3.79. The van der Waals surface area contributed by atoms with Crippen molar-refractivity contribution in [3.05, 3.63) is 83.6 Å². The quantitative estimate of drug-likeness (QED) is 0.521. The van der Waals surface area contributed by atoms with Crippen molar-refractivity contribution < 1.29 is 19.4 Å². The highest BCUT2D eigenvalue weighted by Crippen LogP contribution is 2.08. The van der Waals surface area contributed by atoms with Gasteiger partial charge in [0.05, 0.1) is 0 Å². The lowest BCUT2D eigenvalue weighted by Gasteiger charge is -2.08. The van der Waals surface area contributed by atoms with E-state index in [0.29, 0.717) is 6.42 Å². The number of carboxylic acids is 1. The van der Waals surface area contributed by atoms with Crippen LogP contribution in [0.5, 0.6) is 0 Å². The first kappa shape index (κ1) is 19.2. The smallest absolute Gasteiger partial charge is 0.412 e. The fourth-order valence-electron chi connectivity index (χ4n) is 2.43. The number of carbonyl (C=O) groups is 2. The Hall–Kier alpha value is -3.08. The molecule has 2 aromatic carbocycles. The van der Waals surface area contributed by atoms with E-state index in [0.717, 1.165) is 24.8 Å². The van der Waals surface area contributed by atoms with Gasteiger partial charge in [0, 0.05) is 0 Å². The van der Waals surface area contributed by atoms with Gasteiger partial charge in [0.2, 0.25) is 0 Å². The van der Waals surface area contributed by atoms with Crippen molar-refractivity contribution >= 4 is 12.1 Å². The molecule has 2 aromatic rings. The first-order chi connectivity index (χ1) is 12.6. The van der Waals surface area contributed by atoms with Gasteiger partial charge in [-0.05, 0) is 36.8 Å². The molecule has 2 rings (SSSR count). The Morgan fingerprint density at radius 3 is 2.15 bits per heavy atom. The second-order valence-electron chi connectivity index (χ2n) is 5.84. The van der Waals surface area contributed by atoms with Crippen LogP contribution in [0.2, 0.25) is 0 Å². The molecule has 0 unspecified atom stereocenters. The molecule has 0 heterocycles. The van der Waals surface area contributed by atoms with Crippen LogP contribution in [0.4, 0.5) is 4.79 Å². The molecule has 0 aliphatic heterocycles. The number of hydrogen-bond acceptors (Lipinski definition) is 3. The van der Waals surface area contributed by atoms with E-state index in [1.54, 1.807) is 0 Å². The average Bonchev–Trinajstić information content (AvgIpc) is 2.66. The summed E-state index contributed by atoms with van der Waals surface area (Å²) in [5.41, 5.74) is 1.95. The van der Waals surface area contributed by atoms with Gasteiger partial charge in [-0.3, -0.25) is 5.32 Å². The minimum atomic E-state index is -1.18. The normalized spacial score (nSPS) is 11.0. The van der Waals surface area contributed by atoms with Crippen LogP contribution in [-0.4, -0.2) is 17.2 Å². The summed E-state index contributed by atoms with van der Waals surface area (Å²) in [6, 6.07) is 19.3. The Balaban J connectivity index is 1.73. The summed E-state index contributed by atoms with van der Waals surface area (Å²) in [7, 11) is 0. The van der Waals surface area contributed by atoms with Crippen LogP contribution in [0.1, 0.15) is 30.4 Å². The minimum absolute atomic E-state index is 0.0939. The molecule has 0 aliphatic rings. The average molecular weight is 353 g/mol. The maximum absolute atomic E-state index is 11.8. The number of benzene rings is 2. The Bertz CT molecular complexity index is 726. The lowest BCUT2D eigenvalue weighted by Crippen LogP contribution is -2.27. The number of aryl methyl sites for hydroxylation is 1. The van der Waals surface area contributed by atoms with Crippen molar-refractivity contribution in [2.45, 2.75) is 32.3 Å². The van der Waals surface area contributed by atoms with E-state index in [2.05, 4.69) is 17.4 Å². The van der Waals surface area contributed by atoms with Gasteiger partial charge in [-0.2, -0.15) is 0 Å². The molecule has 0 spiro atoms. The van der Waals surface area contributed by atoms with E-state index in [1.807, 2.05) is 48.5 Å². The number of alkyl carbamates (subject to hydrolysis) is 1. The summed E-state index contributed by atoms with van der Waals surface area (Å²) in [5.74, 6) is -1.18. The fourth-order valence-corrected chi connectivity index (χ4v) is 2.43. The van der Waals surface area contributed by atoms with E-state index in [-0.39, 0.29) is 12.3 Å². The van der Waals surface area contributed by atoms with Crippen LogP contribution in [0.25, 0.3) is 0 Å². The molecule has 0 saturated carbocycles. The first-order valence-electron chi connectivity index (χ1n) is 8.60. The van der Waals surface area contributed by atoms with Gasteiger partial charge in [0.15, 0.2) is 0 Å². The van der Waals surface area contributed by atoms with Gasteiger partial charge >= 0.3 is 12.1 Å². The Kier molecular flexibility index (Phi) is 7.93. The zero-order valence-corrected chi connectivity index (χ0v) is 14.6. The zero-order valence-electron chi connectivity index (χ0n) is 14.6. The van der Waals surface area contributed by atoms with Crippen molar-refractivity contribution in [2.75, 3.05) is 0 Å². The van der Waals surface area contributed by atoms with Crippen molar-refractivity contribution in [1.29, 1.82) is 0 Å². The van der Waals surface area contributed by atoms with Crippen molar-refractivity contribution in [2.24, 2.45) is 0 Å². The zero-order chi connectivity index (χ0) is 18.6. The highest BCUT2D eigenvalue weighted by atomic mass is 16.5. The number of amides is 1. The van der Waals surface area contributed by atoms with E-state index < -0.39 is 12.1 Å². The minimum Gasteiger partial charge on any atom is -0.477 e. The van der Waals surface area contributed by atoms with Crippen molar-refractivity contribution in [1.82, 2.24) is 5.32 Å². The van der Waals surface area contributed by atoms with Crippen LogP contribution in [0.15, 0.2) is 72.4 Å². The number of rotatable bonds is 9. The molecular formula is C21H23NO4. The van der Waals surface area contributed by atoms with Gasteiger partial charge in [-0.1, -0.05) is 66.7 Å². The standard InChI is InChI=1S/C21H23NO4/c23-20(24)19(15-9-3-6-12-17-10-4-1-5-11-17)22-21(25)26-16-18-13-7-2-8-14-18/h1-2,4-5,7-8,10-11,13-15H,3,6,9,12,16H2,(H,22,25)(H,23,24)/b19-15+. The van der Waals surface area contributed by atoms with E-state index in [4.69, 9.17) is 4.74 Å². The Morgan fingerprint density at radius 2 is 1.54 bits per heavy atom. The van der Waals surface area contributed by atoms with Crippen molar-refractivity contribution in [3.8, 4) is 0 Å². The van der Waals surface area contributed by atoms with Gasteiger partial charge in [-0.25, -0.2) is 9.59 Å². The molecular weight excluding hydrogens is 330 g/mol. The number of hydrogen-bond donors (Lipinski definition) is 2.